The van der Waals surface area contributed by atoms with Crippen LogP contribution in [-0.4, -0.2) is 15.9 Å². The van der Waals surface area contributed by atoms with Gasteiger partial charge in [-0.05, 0) is 30.3 Å². The van der Waals surface area contributed by atoms with Gasteiger partial charge in [-0.25, -0.2) is 4.98 Å². The fourth-order valence-corrected chi connectivity index (χ4v) is 2.51. The van der Waals surface area contributed by atoms with Gasteiger partial charge >= 0.3 is 0 Å². The zero-order valence-electron chi connectivity index (χ0n) is 12.4. The Morgan fingerprint density at radius 2 is 2.08 bits per heavy atom. The van der Waals surface area contributed by atoms with Crippen LogP contribution in [0.15, 0.2) is 54.8 Å². The second kappa shape index (κ2) is 7.38. The predicted octanol–water partition coefficient (Wildman–Crippen LogP) is 4.08. The van der Waals surface area contributed by atoms with E-state index in [2.05, 4.69) is 15.3 Å². The second-order valence-corrected chi connectivity index (χ2v) is 5.76. The van der Waals surface area contributed by atoms with Gasteiger partial charge in [0, 0.05) is 11.1 Å². The highest BCUT2D eigenvalue weighted by atomic mass is 35.5. The Balaban J connectivity index is 1.53. The first-order chi connectivity index (χ1) is 11.6. The number of carbonyl (C=O) groups is 1. The van der Waals surface area contributed by atoms with Gasteiger partial charge in [-0.2, -0.15) is 0 Å². The number of aromatic amines is 1. The zero-order chi connectivity index (χ0) is 16.9. The third-order valence-electron chi connectivity index (χ3n) is 3.18. The van der Waals surface area contributed by atoms with Crippen LogP contribution in [-0.2, 0) is 11.3 Å². The molecule has 24 heavy (non-hydrogen) atoms. The normalized spacial score (nSPS) is 11.1. The van der Waals surface area contributed by atoms with E-state index in [9.17, 15) is 4.79 Å². The van der Waals surface area contributed by atoms with Crippen molar-refractivity contribution in [1.82, 2.24) is 15.3 Å². The molecule has 0 saturated heterocycles. The summed E-state index contributed by atoms with van der Waals surface area (Å²) in [6.45, 7) is 0.291. The number of hydrogen-bond donors (Lipinski definition) is 2. The number of nitrogens with zero attached hydrogens (tertiary/aromatic N) is 1. The van der Waals surface area contributed by atoms with Gasteiger partial charge in [-0.3, -0.25) is 4.79 Å². The Morgan fingerprint density at radius 3 is 2.88 bits per heavy atom. The molecule has 0 spiro atoms. The van der Waals surface area contributed by atoms with Crippen molar-refractivity contribution in [1.29, 1.82) is 0 Å². The molecule has 0 aliphatic heterocycles. The molecule has 5 nitrogen and oxygen atoms in total. The van der Waals surface area contributed by atoms with Gasteiger partial charge in [0.15, 0.2) is 0 Å². The number of amides is 1. The van der Waals surface area contributed by atoms with Crippen molar-refractivity contribution in [2.45, 2.75) is 6.54 Å². The van der Waals surface area contributed by atoms with Crippen LogP contribution >= 0.6 is 23.2 Å². The number of rotatable bonds is 5. The van der Waals surface area contributed by atoms with Crippen molar-refractivity contribution in [3.8, 4) is 5.75 Å². The summed E-state index contributed by atoms with van der Waals surface area (Å²) >= 11 is 11.8. The van der Waals surface area contributed by atoms with Gasteiger partial charge in [0.05, 0.1) is 28.9 Å². The molecule has 0 bridgehead atoms. The molecule has 122 valence electrons. The number of fused-ring (bicyclic) bond motifs is 1. The molecule has 0 aliphatic rings. The smallest absolute Gasteiger partial charge is 0.247 e. The minimum absolute atomic E-state index is 0.291. The third-order valence-corrected chi connectivity index (χ3v) is 3.71. The molecule has 1 aromatic heterocycles. The van der Waals surface area contributed by atoms with Crippen LogP contribution < -0.4 is 10.1 Å². The number of H-pyrrole nitrogens is 1. The van der Waals surface area contributed by atoms with Crippen LogP contribution in [0.3, 0.4) is 0 Å². The van der Waals surface area contributed by atoms with E-state index >= 15 is 0 Å². The van der Waals surface area contributed by atoms with Crippen molar-refractivity contribution in [3.05, 3.63) is 70.7 Å². The van der Waals surface area contributed by atoms with Crippen LogP contribution in [0.2, 0.25) is 10.0 Å². The molecule has 7 heteroatoms. The molecule has 0 aliphatic carbocycles. The molecule has 0 unspecified atom stereocenters. The van der Waals surface area contributed by atoms with Crippen molar-refractivity contribution in [2.75, 3.05) is 0 Å². The highest BCUT2D eigenvalue weighted by Gasteiger charge is 2.04. The number of benzene rings is 2. The fourth-order valence-electron chi connectivity index (χ4n) is 2.06. The molecule has 0 atom stereocenters. The number of carbonyl (C=O) groups excluding carboxylic acids is 1. The van der Waals surface area contributed by atoms with E-state index in [1.165, 1.54) is 12.3 Å². The van der Waals surface area contributed by atoms with E-state index in [1.54, 1.807) is 18.2 Å². The van der Waals surface area contributed by atoms with Gasteiger partial charge in [0.25, 0.3) is 0 Å². The highest BCUT2D eigenvalue weighted by molar-refractivity contribution is 6.35. The van der Waals surface area contributed by atoms with Crippen molar-refractivity contribution >= 4 is 40.1 Å². The number of para-hydroxylation sites is 2. The van der Waals surface area contributed by atoms with Crippen LogP contribution in [0.4, 0.5) is 0 Å². The van der Waals surface area contributed by atoms with Gasteiger partial charge in [-0.15, -0.1) is 0 Å². The maximum absolute atomic E-state index is 11.8. The van der Waals surface area contributed by atoms with Gasteiger partial charge in [-0.1, -0.05) is 35.3 Å². The maximum Gasteiger partial charge on any atom is 0.247 e. The number of aromatic nitrogens is 2. The fraction of sp³-hybridized carbons (Fsp3) is 0.0588. The van der Waals surface area contributed by atoms with Gasteiger partial charge in [0.2, 0.25) is 5.91 Å². The summed E-state index contributed by atoms with van der Waals surface area (Å²) in [4.78, 5) is 19.3. The van der Waals surface area contributed by atoms with Gasteiger partial charge < -0.3 is 15.0 Å². The number of imidazole rings is 1. The number of nitrogens with one attached hydrogen (secondary N) is 2. The monoisotopic (exact) mass is 361 g/mol. The van der Waals surface area contributed by atoms with Crippen molar-refractivity contribution < 1.29 is 9.53 Å². The van der Waals surface area contributed by atoms with E-state index in [0.29, 0.717) is 28.2 Å². The Morgan fingerprint density at radius 1 is 1.25 bits per heavy atom. The van der Waals surface area contributed by atoms with Crippen molar-refractivity contribution in [2.24, 2.45) is 0 Å². The van der Waals surface area contributed by atoms with Crippen LogP contribution in [0.5, 0.6) is 5.75 Å². The Kier molecular flexibility index (Phi) is 5.03. The van der Waals surface area contributed by atoms with Crippen LogP contribution in [0.25, 0.3) is 11.0 Å². The molecule has 0 fully saturated rings. The van der Waals surface area contributed by atoms with E-state index < -0.39 is 0 Å². The van der Waals surface area contributed by atoms with E-state index in [4.69, 9.17) is 27.9 Å². The lowest BCUT2D eigenvalue weighted by Gasteiger charge is -2.03. The SMILES string of the molecule is O=C(/C=C/Oc1ccc(Cl)cc1Cl)NCc1nc2ccccc2[nH]1. The third kappa shape index (κ3) is 4.07. The number of hydrogen-bond acceptors (Lipinski definition) is 3. The zero-order valence-corrected chi connectivity index (χ0v) is 13.9. The summed E-state index contributed by atoms with van der Waals surface area (Å²) in [7, 11) is 0. The number of halogens is 2. The first kappa shape index (κ1) is 16.4. The maximum atomic E-state index is 11.8. The molecule has 2 N–H and O–H groups in total. The first-order valence-electron chi connectivity index (χ1n) is 7.11. The highest BCUT2D eigenvalue weighted by Crippen LogP contribution is 2.27. The molecular weight excluding hydrogens is 349 g/mol. The summed E-state index contributed by atoms with van der Waals surface area (Å²) in [6.07, 6.45) is 2.54. The van der Waals surface area contributed by atoms with Crippen molar-refractivity contribution in [3.63, 3.8) is 0 Å². The molecule has 1 amide bonds. The minimum Gasteiger partial charge on any atom is -0.463 e. The molecule has 2 aromatic carbocycles. The molecule has 3 aromatic rings. The lowest BCUT2D eigenvalue weighted by atomic mass is 10.3. The van der Waals surface area contributed by atoms with E-state index in [1.807, 2.05) is 24.3 Å². The second-order valence-electron chi connectivity index (χ2n) is 4.91. The molecule has 0 radical (unpaired) electrons. The molecular formula is C17H13Cl2N3O2. The van der Waals surface area contributed by atoms with Gasteiger partial charge in [0.1, 0.15) is 11.6 Å². The standard InChI is InChI=1S/C17H13Cl2N3O2/c18-11-5-6-15(12(19)9-11)24-8-7-17(23)20-10-16-21-13-3-1-2-4-14(13)22-16/h1-9H,10H2,(H,20,23)(H,21,22)/b8-7+. The Bertz CT molecular complexity index is 873. The summed E-state index contributed by atoms with van der Waals surface area (Å²) < 4.78 is 5.31. The summed E-state index contributed by atoms with van der Waals surface area (Å²) in [6, 6.07) is 12.5. The first-order valence-corrected chi connectivity index (χ1v) is 7.87. The average Bonchev–Trinajstić information content (AvgIpc) is 2.98. The summed E-state index contributed by atoms with van der Waals surface area (Å²) in [5.74, 6) is 0.794. The Labute approximate surface area is 148 Å². The summed E-state index contributed by atoms with van der Waals surface area (Å²) in [5, 5.41) is 3.60. The molecule has 3 rings (SSSR count). The molecule has 0 saturated carbocycles. The van der Waals surface area contributed by atoms with Crippen LogP contribution in [0.1, 0.15) is 5.82 Å². The topological polar surface area (TPSA) is 67.0 Å². The quantitative estimate of drug-likeness (QED) is 0.531. The largest absolute Gasteiger partial charge is 0.463 e. The van der Waals surface area contributed by atoms with E-state index in [0.717, 1.165) is 11.0 Å². The molecule has 1 heterocycles. The average molecular weight is 362 g/mol. The number of ether oxygens (including phenoxy) is 1. The summed E-state index contributed by atoms with van der Waals surface area (Å²) in [5.41, 5.74) is 1.79. The predicted molar refractivity (Wildman–Crippen MR) is 94.2 cm³/mol. The lowest BCUT2D eigenvalue weighted by Crippen LogP contribution is -2.21. The van der Waals surface area contributed by atoms with Crippen LogP contribution in [0, 0.1) is 0 Å². The lowest BCUT2D eigenvalue weighted by molar-refractivity contribution is -0.116. The minimum atomic E-state index is -0.305. The van der Waals surface area contributed by atoms with E-state index in [-0.39, 0.29) is 5.91 Å². The Hall–Kier alpha value is -2.50.